The summed E-state index contributed by atoms with van der Waals surface area (Å²) in [4.78, 5) is 48.5. The van der Waals surface area contributed by atoms with E-state index in [-0.39, 0.29) is 25.9 Å². The normalized spacial score (nSPS) is 14.3. The number of rotatable bonds is 52. The summed E-state index contributed by atoms with van der Waals surface area (Å²) < 4.78 is 39.4. The van der Waals surface area contributed by atoms with E-state index in [0.29, 0.717) is 25.7 Å². The zero-order valence-electron chi connectivity index (χ0n) is 47.4. The Hall–Kier alpha value is -4.38. The lowest BCUT2D eigenvalue weighted by Crippen LogP contribution is -2.30. The first-order valence-corrected chi connectivity index (χ1v) is 30.6. The van der Waals surface area contributed by atoms with Crippen molar-refractivity contribution in [3.63, 3.8) is 0 Å². The molecule has 76 heavy (non-hydrogen) atoms. The molecular weight excluding hydrogens is 976 g/mol. The zero-order chi connectivity index (χ0) is 55.5. The van der Waals surface area contributed by atoms with Crippen molar-refractivity contribution in [3.8, 4) is 0 Å². The first-order valence-electron chi connectivity index (χ1n) is 29.1. The first-order chi connectivity index (χ1) is 37.2. The third kappa shape index (κ3) is 54.4. The van der Waals surface area contributed by atoms with E-state index in [4.69, 9.17) is 23.3 Å². The van der Waals surface area contributed by atoms with Crippen LogP contribution in [-0.2, 0) is 42.2 Å². The fourth-order valence-corrected chi connectivity index (χ4v) is 7.96. The van der Waals surface area contributed by atoms with Crippen LogP contribution in [0.15, 0.2) is 134 Å². The molecule has 0 amide bonds. The van der Waals surface area contributed by atoms with Crippen molar-refractivity contribution in [3.05, 3.63) is 134 Å². The maximum Gasteiger partial charge on any atom is 0.472 e. The van der Waals surface area contributed by atoms with E-state index in [1.54, 1.807) is 0 Å². The van der Waals surface area contributed by atoms with Crippen molar-refractivity contribution in [2.45, 2.75) is 226 Å². The molecule has 0 rings (SSSR count). The van der Waals surface area contributed by atoms with Crippen LogP contribution in [0, 0.1) is 0 Å². The maximum atomic E-state index is 12.9. The lowest BCUT2D eigenvalue weighted by molar-refractivity contribution is -0.161. The number of carbonyl (C=O) groups is 3. The molecule has 0 aromatic rings. The molecule has 0 radical (unpaired) electrons. The zero-order valence-corrected chi connectivity index (χ0v) is 48.3. The molecule has 0 aliphatic rings. The monoisotopic (exact) mass is 1080 g/mol. The van der Waals surface area contributed by atoms with Gasteiger partial charge in [-0.1, -0.05) is 199 Å². The van der Waals surface area contributed by atoms with Crippen LogP contribution < -0.4 is 0 Å². The number of aliphatic hydroxyl groups is 1. The summed E-state index contributed by atoms with van der Waals surface area (Å²) in [5, 5.41) is 9.81. The van der Waals surface area contributed by atoms with Gasteiger partial charge in [0.05, 0.1) is 19.8 Å². The van der Waals surface area contributed by atoms with Crippen molar-refractivity contribution in [1.82, 2.24) is 0 Å². The quantitative estimate of drug-likeness (QED) is 0.0197. The highest BCUT2D eigenvalue weighted by Gasteiger charge is 2.28. The van der Waals surface area contributed by atoms with Gasteiger partial charge in [0, 0.05) is 19.3 Å². The van der Waals surface area contributed by atoms with Gasteiger partial charge in [-0.15, -0.1) is 0 Å². The van der Waals surface area contributed by atoms with Gasteiger partial charge in [0.25, 0.3) is 0 Å². The molecule has 0 fully saturated rings. The Morgan fingerprint density at radius 2 is 0.697 bits per heavy atom. The second kappa shape index (κ2) is 56.8. The number of phosphoric acid groups is 1. The first kappa shape index (κ1) is 71.6. The number of hydrogen-bond acceptors (Lipinski definition) is 10. The van der Waals surface area contributed by atoms with Crippen molar-refractivity contribution in [2.24, 2.45) is 0 Å². The minimum absolute atomic E-state index is 0.0770. The Morgan fingerprint density at radius 1 is 0.382 bits per heavy atom. The molecule has 0 bridgehead atoms. The van der Waals surface area contributed by atoms with Gasteiger partial charge in [-0.2, -0.15) is 0 Å². The number of carbonyl (C=O) groups excluding carboxylic acids is 3. The molecule has 0 aromatic heterocycles. The highest BCUT2D eigenvalue weighted by molar-refractivity contribution is 7.47. The predicted octanol–water partition coefficient (Wildman–Crippen LogP) is 17.4. The van der Waals surface area contributed by atoms with Gasteiger partial charge >= 0.3 is 25.7 Å². The second-order valence-corrected chi connectivity index (χ2v) is 20.1. The largest absolute Gasteiger partial charge is 0.472 e. The van der Waals surface area contributed by atoms with Gasteiger partial charge in [-0.3, -0.25) is 23.4 Å². The summed E-state index contributed by atoms with van der Waals surface area (Å²) >= 11 is 0. The molecule has 3 unspecified atom stereocenters. The van der Waals surface area contributed by atoms with Gasteiger partial charge in [-0.05, 0) is 128 Å². The number of phosphoric ester groups is 1. The van der Waals surface area contributed by atoms with Crippen molar-refractivity contribution in [1.29, 1.82) is 0 Å². The maximum absolute atomic E-state index is 12.9. The molecule has 0 heterocycles. The van der Waals surface area contributed by atoms with E-state index >= 15 is 0 Å². The molecule has 0 aromatic carbocycles. The standard InChI is InChI=1S/C64H103O11P/c1-4-7-10-13-16-19-22-25-28-30-33-35-38-41-44-47-50-53-62(66)71-57-61(75-64(68)55-52-49-46-43-40-37-34-31-29-26-23-20-17-14-11-8-5-2)59-73-76(69,70)72-58-60(56-65)74-63(67)54-51-48-45-42-39-36-32-27-24-21-18-15-12-9-6-3/h8-9,11-12,16-21,25-29,32,34,37,39,42-43,46,60-61,65H,4-7,10,13-15,22-24,30-31,33,35-36,38,40-41,44-45,47-59H2,1-3H3,(H,69,70)/b11-8-,12-9-,19-16-,20-17-,21-18-,28-25-,29-26-,32-27-,37-34-,42-39-,46-43-. The van der Waals surface area contributed by atoms with Gasteiger partial charge in [0.1, 0.15) is 12.7 Å². The minimum atomic E-state index is -4.79. The number of allylic oxidation sites excluding steroid dienone is 22. The van der Waals surface area contributed by atoms with Crippen molar-refractivity contribution >= 4 is 25.7 Å². The molecule has 0 saturated carbocycles. The fraction of sp³-hybridized carbons (Fsp3) is 0.609. The van der Waals surface area contributed by atoms with E-state index in [0.717, 1.165) is 109 Å². The van der Waals surface area contributed by atoms with Crippen LogP contribution in [-0.4, -0.2) is 66.5 Å². The Balaban J connectivity index is 4.88. The van der Waals surface area contributed by atoms with Crippen LogP contribution in [0.25, 0.3) is 0 Å². The average Bonchev–Trinajstić information content (AvgIpc) is 3.41. The summed E-state index contributed by atoms with van der Waals surface area (Å²) in [7, 11) is -4.79. The van der Waals surface area contributed by atoms with E-state index in [1.807, 2.05) is 12.2 Å². The Morgan fingerprint density at radius 3 is 1.13 bits per heavy atom. The van der Waals surface area contributed by atoms with Crippen molar-refractivity contribution < 1.29 is 52.2 Å². The van der Waals surface area contributed by atoms with E-state index < -0.39 is 57.8 Å². The van der Waals surface area contributed by atoms with Crippen LogP contribution in [0.5, 0.6) is 0 Å². The van der Waals surface area contributed by atoms with Gasteiger partial charge in [-0.25, -0.2) is 4.57 Å². The summed E-state index contributed by atoms with van der Waals surface area (Å²) in [6.45, 7) is 4.25. The molecule has 0 aliphatic carbocycles. The van der Waals surface area contributed by atoms with E-state index in [2.05, 4.69) is 142 Å². The number of esters is 3. The molecule has 430 valence electrons. The minimum Gasteiger partial charge on any atom is -0.462 e. The van der Waals surface area contributed by atoms with Crippen LogP contribution in [0.4, 0.5) is 0 Å². The molecule has 0 aliphatic heterocycles. The highest BCUT2D eigenvalue weighted by atomic mass is 31.2. The smallest absolute Gasteiger partial charge is 0.462 e. The second-order valence-electron chi connectivity index (χ2n) is 18.7. The van der Waals surface area contributed by atoms with Crippen LogP contribution >= 0.6 is 7.82 Å². The lowest BCUT2D eigenvalue weighted by atomic mass is 10.1. The lowest BCUT2D eigenvalue weighted by Gasteiger charge is -2.21. The molecule has 0 saturated heterocycles. The number of hydrogen-bond donors (Lipinski definition) is 2. The molecule has 11 nitrogen and oxygen atoms in total. The van der Waals surface area contributed by atoms with Gasteiger partial charge in [0.15, 0.2) is 6.10 Å². The van der Waals surface area contributed by atoms with E-state index in [1.165, 1.54) is 38.5 Å². The predicted molar refractivity (Wildman–Crippen MR) is 316 cm³/mol. The third-order valence-electron chi connectivity index (χ3n) is 11.5. The summed E-state index contributed by atoms with van der Waals surface area (Å²) in [6, 6.07) is 0. The third-order valence-corrected chi connectivity index (χ3v) is 12.5. The number of aliphatic hydroxyl groups excluding tert-OH is 1. The summed E-state index contributed by atoms with van der Waals surface area (Å²) in [5.74, 6) is -1.60. The molecular formula is C64H103O11P. The van der Waals surface area contributed by atoms with E-state index in [9.17, 15) is 28.9 Å². The molecule has 2 N–H and O–H groups in total. The number of ether oxygens (including phenoxy) is 3. The Kier molecular flexibility index (Phi) is 53.5. The van der Waals surface area contributed by atoms with Gasteiger partial charge in [0.2, 0.25) is 0 Å². The molecule has 0 spiro atoms. The fourth-order valence-electron chi connectivity index (χ4n) is 7.18. The van der Waals surface area contributed by atoms with Crippen molar-refractivity contribution in [2.75, 3.05) is 26.4 Å². The average molecular weight is 1080 g/mol. The SMILES string of the molecule is CC/C=C\C/C=C\C/C=C\C/C=C\C/C=C\CCCC(=O)OC(COC(=O)CCCCCCCCC/C=C\C/C=C\CCCCC)COP(=O)(O)OCC(CO)OC(=O)CCCC/C=C\C/C=C\C/C=C\C/C=C\CC. The Labute approximate surface area is 461 Å². The summed E-state index contributed by atoms with van der Waals surface area (Å²) in [5.41, 5.74) is 0. The topological polar surface area (TPSA) is 155 Å². The summed E-state index contributed by atoms with van der Waals surface area (Å²) in [6.07, 6.45) is 71.3. The van der Waals surface area contributed by atoms with Crippen LogP contribution in [0.3, 0.4) is 0 Å². The molecule has 3 atom stereocenters. The van der Waals surface area contributed by atoms with Gasteiger partial charge < -0.3 is 24.2 Å². The molecule has 12 heteroatoms. The van der Waals surface area contributed by atoms with Crippen LogP contribution in [0.1, 0.15) is 213 Å². The highest BCUT2D eigenvalue weighted by Crippen LogP contribution is 2.43. The Bertz CT molecular complexity index is 1780. The number of unbranched alkanes of at least 4 members (excludes halogenated alkanes) is 13. The van der Waals surface area contributed by atoms with Crippen LogP contribution in [0.2, 0.25) is 0 Å².